The van der Waals surface area contributed by atoms with Gasteiger partial charge in [-0.25, -0.2) is 14.6 Å². The van der Waals surface area contributed by atoms with Gasteiger partial charge in [-0.05, 0) is 43.2 Å². The number of amides is 3. The summed E-state index contributed by atoms with van der Waals surface area (Å²) in [6.07, 6.45) is 3.96. The largest absolute Gasteiger partial charge is 0.465 e. The molecule has 3 amide bonds. The second-order valence-electron chi connectivity index (χ2n) is 7.89. The van der Waals surface area contributed by atoms with Crippen LogP contribution in [0.5, 0.6) is 0 Å². The number of hydrogen-bond acceptors (Lipinski definition) is 7. The molecule has 1 aliphatic carbocycles. The van der Waals surface area contributed by atoms with Crippen LogP contribution in [0.2, 0.25) is 0 Å². The number of imide groups is 1. The van der Waals surface area contributed by atoms with Crippen LogP contribution in [0.15, 0.2) is 58.5 Å². The van der Waals surface area contributed by atoms with Gasteiger partial charge in [-0.3, -0.25) is 19.5 Å². The van der Waals surface area contributed by atoms with Gasteiger partial charge in [0.2, 0.25) is 5.91 Å². The van der Waals surface area contributed by atoms with Crippen molar-refractivity contribution in [1.29, 1.82) is 0 Å². The van der Waals surface area contributed by atoms with Crippen LogP contribution in [-0.4, -0.2) is 46.4 Å². The van der Waals surface area contributed by atoms with Crippen molar-refractivity contribution in [2.45, 2.75) is 36.9 Å². The van der Waals surface area contributed by atoms with E-state index in [1.165, 1.54) is 29.9 Å². The van der Waals surface area contributed by atoms with Crippen LogP contribution >= 0.6 is 11.8 Å². The molecule has 1 aliphatic rings. The fraction of sp³-hybridized carbons (Fsp3) is 0.292. The third kappa shape index (κ3) is 5.28. The summed E-state index contributed by atoms with van der Waals surface area (Å²) in [5.41, 5.74) is 0.814. The van der Waals surface area contributed by atoms with Gasteiger partial charge in [0.1, 0.15) is 0 Å². The molecule has 1 aromatic heterocycles. The monoisotopic (exact) mass is 480 g/mol. The number of methoxy groups -OCH3 is 1. The molecule has 34 heavy (non-hydrogen) atoms. The first-order valence-electron chi connectivity index (χ1n) is 10.9. The number of thioether (sulfide) groups is 1. The Morgan fingerprint density at radius 1 is 1.12 bits per heavy atom. The minimum atomic E-state index is -0.544. The number of nitrogens with zero attached hydrogens (tertiary/aromatic N) is 2. The molecule has 0 atom stereocenters. The molecular weight excluding hydrogens is 456 g/mol. The highest BCUT2D eigenvalue weighted by molar-refractivity contribution is 7.99. The number of esters is 1. The minimum Gasteiger partial charge on any atom is -0.465 e. The van der Waals surface area contributed by atoms with Crippen LogP contribution in [0, 0.1) is 0 Å². The predicted octanol–water partition coefficient (Wildman–Crippen LogP) is 3.03. The van der Waals surface area contributed by atoms with E-state index in [2.05, 4.69) is 15.6 Å². The maximum Gasteiger partial charge on any atom is 0.337 e. The zero-order chi connectivity index (χ0) is 24.1. The summed E-state index contributed by atoms with van der Waals surface area (Å²) in [7, 11) is 1.27. The Morgan fingerprint density at radius 2 is 1.85 bits per heavy atom. The van der Waals surface area contributed by atoms with Gasteiger partial charge in [0.05, 0.1) is 35.0 Å². The molecule has 0 bridgehead atoms. The summed E-state index contributed by atoms with van der Waals surface area (Å²) in [6.45, 7) is 0. The Bertz CT molecular complexity index is 1290. The highest BCUT2D eigenvalue weighted by Gasteiger charge is 2.20. The van der Waals surface area contributed by atoms with Gasteiger partial charge in [-0.2, -0.15) is 0 Å². The van der Waals surface area contributed by atoms with E-state index < -0.39 is 17.9 Å². The maximum absolute atomic E-state index is 13.3. The average Bonchev–Trinajstić information content (AvgIpc) is 3.35. The summed E-state index contributed by atoms with van der Waals surface area (Å²) in [6, 6.07) is 13.0. The van der Waals surface area contributed by atoms with Crippen molar-refractivity contribution in [2.24, 2.45) is 0 Å². The molecule has 0 unspecified atom stereocenters. The minimum absolute atomic E-state index is 0.0925. The van der Waals surface area contributed by atoms with E-state index in [1.807, 2.05) is 6.07 Å². The molecule has 0 spiro atoms. The van der Waals surface area contributed by atoms with E-state index in [0.29, 0.717) is 16.6 Å². The molecule has 0 radical (unpaired) electrons. The first-order chi connectivity index (χ1) is 16.5. The first kappa shape index (κ1) is 23.5. The normalized spacial score (nSPS) is 13.6. The number of rotatable bonds is 6. The topological polar surface area (TPSA) is 119 Å². The molecule has 3 aromatic rings. The Balaban J connectivity index is 1.61. The highest BCUT2D eigenvalue weighted by Crippen LogP contribution is 2.22. The fourth-order valence-corrected chi connectivity index (χ4v) is 4.71. The van der Waals surface area contributed by atoms with Gasteiger partial charge in [-0.15, -0.1) is 0 Å². The molecule has 0 aliphatic heterocycles. The van der Waals surface area contributed by atoms with Crippen molar-refractivity contribution < 1.29 is 19.1 Å². The Labute approximate surface area is 199 Å². The number of aromatic nitrogens is 2. The van der Waals surface area contributed by atoms with Gasteiger partial charge >= 0.3 is 12.0 Å². The van der Waals surface area contributed by atoms with Crippen molar-refractivity contribution in [3.63, 3.8) is 0 Å². The molecule has 1 heterocycles. The smallest absolute Gasteiger partial charge is 0.337 e. The zero-order valence-corrected chi connectivity index (χ0v) is 19.4. The maximum atomic E-state index is 13.3. The number of benzene rings is 2. The van der Waals surface area contributed by atoms with Crippen LogP contribution < -0.4 is 16.2 Å². The number of hydrogen-bond donors (Lipinski definition) is 2. The highest BCUT2D eigenvalue weighted by atomic mass is 32.2. The lowest BCUT2D eigenvalue weighted by Crippen LogP contribution is -2.44. The van der Waals surface area contributed by atoms with Crippen LogP contribution in [0.25, 0.3) is 16.6 Å². The summed E-state index contributed by atoms with van der Waals surface area (Å²) in [4.78, 5) is 54.3. The number of carbonyl (C=O) groups excluding carboxylic acids is 3. The number of fused-ring (bicyclic) bond motifs is 1. The molecule has 1 fully saturated rings. The van der Waals surface area contributed by atoms with Crippen molar-refractivity contribution in [3.05, 3.63) is 64.4 Å². The van der Waals surface area contributed by atoms with E-state index in [1.54, 1.807) is 24.3 Å². The van der Waals surface area contributed by atoms with Crippen LogP contribution in [0.4, 0.5) is 4.79 Å². The number of urea groups is 1. The molecule has 2 N–H and O–H groups in total. The van der Waals surface area contributed by atoms with E-state index in [-0.39, 0.29) is 28.1 Å². The second kappa shape index (κ2) is 10.5. The Kier molecular flexibility index (Phi) is 7.27. The fourth-order valence-electron chi connectivity index (χ4n) is 3.90. The lowest BCUT2D eigenvalue weighted by atomic mass is 10.1. The first-order valence-corrected chi connectivity index (χ1v) is 11.9. The number of ether oxygens (including phenoxy) is 1. The van der Waals surface area contributed by atoms with Gasteiger partial charge in [-0.1, -0.05) is 42.8 Å². The van der Waals surface area contributed by atoms with Crippen LogP contribution in [-0.2, 0) is 9.53 Å². The summed E-state index contributed by atoms with van der Waals surface area (Å²) >= 11 is 1.03. The molecule has 176 valence electrons. The van der Waals surface area contributed by atoms with Gasteiger partial charge < -0.3 is 10.1 Å². The van der Waals surface area contributed by atoms with Gasteiger partial charge in [0.15, 0.2) is 5.16 Å². The van der Waals surface area contributed by atoms with Gasteiger partial charge in [0.25, 0.3) is 5.56 Å². The third-order valence-electron chi connectivity index (χ3n) is 5.55. The molecule has 0 saturated heterocycles. The van der Waals surface area contributed by atoms with E-state index in [0.717, 1.165) is 37.4 Å². The summed E-state index contributed by atoms with van der Waals surface area (Å²) in [5.74, 6) is -1.17. The summed E-state index contributed by atoms with van der Waals surface area (Å²) in [5, 5.41) is 5.72. The van der Waals surface area contributed by atoms with Crippen LogP contribution in [0.1, 0.15) is 36.0 Å². The van der Waals surface area contributed by atoms with Crippen LogP contribution in [0.3, 0.4) is 0 Å². The van der Waals surface area contributed by atoms with Crippen molar-refractivity contribution in [3.8, 4) is 5.69 Å². The molecule has 1 saturated carbocycles. The number of para-hydroxylation sites is 1. The van der Waals surface area contributed by atoms with Crippen molar-refractivity contribution in [2.75, 3.05) is 12.9 Å². The predicted molar refractivity (Wildman–Crippen MR) is 128 cm³/mol. The average molecular weight is 481 g/mol. The summed E-state index contributed by atoms with van der Waals surface area (Å²) < 4.78 is 6.17. The third-order valence-corrected chi connectivity index (χ3v) is 6.49. The lowest BCUT2D eigenvalue weighted by molar-refractivity contribution is -0.117. The molecule has 4 rings (SSSR count). The van der Waals surface area contributed by atoms with E-state index in [9.17, 15) is 19.2 Å². The van der Waals surface area contributed by atoms with Gasteiger partial charge in [0, 0.05) is 6.04 Å². The lowest BCUT2D eigenvalue weighted by Gasteiger charge is -2.14. The molecule has 10 heteroatoms. The zero-order valence-electron chi connectivity index (χ0n) is 18.6. The number of nitrogens with one attached hydrogen (secondary N) is 2. The number of carbonyl (C=O) groups is 3. The standard InChI is InChI=1S/C24H24N4O5S/c1-33-22(31)15-11-12-18-19(13-15)26-24(28(21(18)30)17-9-3-2-4-10-17)34-14-20(29)27-23(32)25-16-7-5-6-8-16/h2-4,9-13,16H,5-8,14H2,1H3,(H2,25,27,29,32). The van der Waals surface area contributed by atoms with E-state index >= 15 is 0 Å². The van der Waals surface area contributed by atoms with Crippen molar-refractivity contribution >= 4 is 40.6 Å². The second-order valence-corrected chi connectivity index (χ2v) is 8.83. The molecular formula is C24H24N4O5S. The van der Waals surface area contributed by atoms with Crippen molar-refractivity contribution in [1.82, 2.24) is 20.2 Å². The Morgan fingerprint density at radius 3 is 2.56 bits per heavy atom. The Hall–Kier alpha value is -3.66. The molecule has 2 aromatic carbocycles. The quantitative estimate of drug-likeness (QED) is 0.316. The SMILES string of the molecule is COC(=O)c1ccc2c(=O)n(-c3ccccc3)c(SCC(=O)NC(=O)NC3CCCC3)nc2c1. The molecule has 9 nitrogen and oxygen atoms in total. The van der Waals surface area contributed by atoms with E-state index in [4.69, 9.17) is 4.74 Å².